The van der Waals surface area contributed by atoms with Gasteiger partial charge in [0.25, 0.3) is 0 Å². The van der Waals surface area contributed by atoms with Crippen molar-refractivity contribution < 1.29 is 0 Å². The molecule has 7 rings (SSSR count). The number of rotatable bonds is 3. The lowest BCUT2D eigenvalue weighted by molar-refractivity contribution is 0.00114. The molecule has 4 saturated carbocycles. The number of anilines is 1. The molecule has 4 bridgehead atoms. The molecule has 0 amide bonds. The Balaban J connectivity index is 1.47. The molecule has 1 aromatic rings. The summed E-state index contributed by atoms with van der Waals surface area (Å²) in [6.07, 6.45) is 12.0. The Bertz CT molecular complexity index is 976. The SMILES string of the molecule is CC1(C)C(=S)N(c2ccc(C#N)cc2)C(=NC23CC4CC(CC(C4)C2)C3)C1N1CCCCC1. The molecule has 6 aliphatic rings. The summed E-state index contributed by atoms with van der Waals surface area (Å²) in [5.74, 6) is 3.81. The van der Waals surface area contributed by atoms with Gasteiger partial charge < -0.3 is 0 Å². The molecule has 174 valence electrons. The lowest BCUT2D eigenvalue weighted by Crippen LogP contribution is -2.53. The Kier molecular flexibility index (Phi) is 5.20. The van der Waals surface area contributed by atoms with Crippen molar-refractivity contribution in [2.75, 3.05) is 18.0 Å². The third-order valence-electron chi connectivity index (χ3n) is 9.28. The molecule has 0 N–H and O–H groups in total. The number of amidine groups is 1. The molecule has 4 nitrogen and oxygen atoms in total. The Morgan fingerprint density at radius 3 is 2.06 bits per heavy atom. The highest BCUT2D eigenvalue weighted by atomic mass is 32.1. The average molecular weight is 461 g/mol. The van der Waals surface area contributed by atoms with Crippen LogP contribution in [0.4, 0.5) is 5.69 Å². The highest BCUT2D eigenvalue weighted by Crippen LogP contribution is 2.58. The van der Waals surface area contributed by atoms with E-state index in [4.69, 9.17) is 17.2 Å². The number of thiocarbonyl (C=S) groups is 1. The zero-order valence-corrected chi connectivity index (χ0v) is 20.9. The molecule has 2 heterocycles. The van der Waals surface area contributed by atoms with Crippen molar-refractivity contribution >= 4 is 28.7 Å². The fraction of sp³-hybridized carbons (Fsp3) is 0.679. The van der Waals surface area contributed by atoms with Crippen LogP contribution in [0, 0.1) is 34.5 Å². The third-order valence-corrected chi connectivity index (χ3v) is 9.99. The Hall–Kier alpha value is -1.77. The molecule has 1 unspecified atom stereocenters. The normalized spacial score (nSPS) is 38.8. The number of benzene rings is 1. The fourth-order valence-electron chi connectivity index (χ4n) is 8.24. The first kappa shape index (κ1) is 21.7. The quantitative estimate of drug-likeness (QED) is 0.523. The highest BCUT2D eigenvalue weighted by molar-refractivity contribution is 7.80. The van der Waals surface area contributed by atoms with Gasteiger partial charge in [-0.2, -0.15) is 5.26 Å². The van der Waals surface area contributed by atoms with Crippen molar-refractivity contribution in [2.24, 2.45) is 28.2 Å². The number of hydrogen-bond donors (Lipinski definition) is 0. The number of nitriles is 1. The summed E-state index contributed by atoms with van der Waals surface area (Å²) in [5, 5.41) is 9.32. The summed E-state index contributed by atoms with van der Waals surface area (Å²) >= 11 is 6.21. The minimum absolute atomic E-state index is 0.110. The van der Waals surface area contributed by atoms with E-state index >= 15 is 0 Å². The smallest absolute Gasteiger partial charge is 0.127 e. The van der Waals surface area contributed by atoms with Crippen LogP contribution in [-0.4, -0.2) is 40.4 Å². The van der Waals surface area contributed by atoms with E-state index in [0.717, 1.165) is 41.5 Å². The summed E-state index contributed by atoms with van der Waals surface area (Å²) in [4.78, 5) is 11.8. The minimum Gasteiger partial charge on any atom is -0.293 e. The second-order valence-corrected chi connectivity index (χ2v) is 12.5. The van der Waals surface area contributed by atoms with Crippen molar-refractivity contribution in [3.8, 4) is 6.07 Å². The molecule has 4 aliphatic carbocycles. The first-order valence-corrected chi connectivity index (χ1v) is 13.5. The Morgan fingerprint density at radius 2 is 1.52 bits per heavy atom. The Labute approximate surface area is 204 Å². The van der Waals surface area contributed by atoms with Crippen LogP contribution in [0.3, 0.4) is 0 Å². The molecule has 5 heteroatoms. The second kappa shape index (κ2) is 7.89. The van der Waals surface area contributed by atoms with Crippen LogP contribution in [-0.2, 0) is 0 Å². The molecule has 6 fully saturated rings. The van der Waals surface area contributed by atoms with Crippen LogP contribution < -0.4 is 4.90 Å². The maximum atomic E-state index is 9.32. The van der Waals surface area contributed by atoms with Crippen LogP contribution in [0.25, 0.3) is 0 Å². The third kappa shape index (κ3) is 3.56. The monoisotopic (exact) mass is 460 g/mol. The summed E-state index contributed by atoms with van der Waals surface area (Å²) < 4.78 is 0. The van der Waals surface area contributed by atoms with E-state index in [9.17, 15) is 5.26 Å². The van der Waals surface area contributed by atoms with Crippen LogP contribution in [0.15, 0.2) is 29.3 Å². The summed E-state index contributed by atoms with van der Waals surface area (Å²) in [6.45, 7) is 6.93. The largest absolute Gasteiger partial charge is 0.293 e. The summed E-state index contributed by atoms with van der Waals surface area (Å²) in [5.41, 5.74) is 1.71. The van der Waals surface area contributed by atoms with Gasteiger partial charge in [-0.3, -0.25) is 14.8 Å². The topological polar surface area (TPSA) is 42.6 Å². The number of piperidine rings is 1. The average Bonchev–Trinajstić information content (AvgIpc) is 2.98. The van der Waals surface area contributed by atoms with Crippen LogP contribution in [0.5, 0.6) is 0 Å². The van der Waals surface area contributed by atoms with Gasteiger partial charge in [-0.1, -0.05) is 32.5 Å². The molecule has 0 radical (unpaired) electrons. The second-order valence-electron chi connectivity index (χ2n) is 12.1. The first-order valence-electron chi connectivity index (χ1n) is 13.1. The first-order chi connectivity index (χ1) is 15.9. The summed E-state index contributed by atoms with van der Waals surface area (Å²) in [7, 11) is 0. The van der Waals surface area contributed by atoms with Gasteiger partial charge in [0.1, 0.15) is 5.84 Å². The van der Waals surface area contributed by atoms with E-state index in [0.29, 0.717) is 5.56 Å². The maximum absolute atomic E-state index is 9.32. The van der Waals surface area contributed by atoms with Crippen molar-refractivity contribution in [3.63, 3.8) is 0 Å². The van der Waals surface area contributed by atoms with E-state index in [2.05, 4.69) is 41.8 Å². The number of likely N-dealkylation sites (tertiary alicyclic amines) is 1. The van der Waals surface area contributed by atoms with Crippen LogP contribution >= 0.6 is 12.2 Å². The number of aliphatic imine (C=N–C) groups is 1. The highest BCUT2D eigenvalue weighted by Gasteiger charge is 2.56. The van der Waals surface area contributed by atoms with E-state index in [1.807, 2.05) is 12.1 Å². The molecule has 2 aliphatic heterocycles. The lowest BCUT2D eigenvalue weighted by atomic mass is 9.53. The Morgan fingerprint density at radius 1 is 0.939 bits per heavy atom. The zero-order chi connectivity index (χ0) is 22.8. The van der Waals surface area contributed by atoms with E-state index < -0.39 is 0 Å². The van der Waals surface area contributed by atoms with Crippen LogP contribution in [0.2, 0.25) is 0 Å². The van der Waals surface area contributed by atoms with Crippen molar-refractivity contribution in [3.05, 3.63) is 29.8 Å². The number of hydrogen-bond acceptors (Lipinski definition) is 4. The van der Waals surface area contributed by atoms with Crippen LogP contribution in [0.1, 0.15) is 77.2 Å². The van der Waals surface area contributed by atoms with Gasteiger partial charge in [0, 0.05) is 11.1 Å². The molecule has 0 aromatic heterocycles. The molecule has 1 atom stereocenters. The van der Waals surface area contributed by atoms with E-state index in [-0.39, 0.29) is 17.0 Å². The van der Waals surface area contributed by atoms with Gasteiger partial charge in [-0.15, -0.1) is 0 Å². The van der Waals surface area contributed by atoms with Crippen molar-refractivity contribution in [2.45, 2.75) is 83.2 Å². The van der Waals surface area contributed by atoms with Gasteiger partial charge in [0.15, 0.2) is 0 Å². The van der Waals surface area contributed by atoms with E-state index in [1.54, 1.807) is 0 Å². The van der Waals surface area contributed by atoms with Gasteiger partial charge >= 0.3 is 0 Å². The molecule has 0 spiro atoms. The van der Waals surface area contributed by atoms with Crippen molar-refractivity contribution in [1.82, 2.24) is 4.90 Å². The van der Waals surface area contributed by atoms with Gasteiger partial charge in [-0.05, 0) is 106 Å². The van der Waals surface area contributed by atoms with E-state index in [1.165, 1.54) is 63.6 Å². The fourth-order valence-corrected chi connectivity index (χ4v) is 8.55. The predicted molar refractivity (Wildman–Crippen MR) is 138 cm³/mol. The molecule has 1 aromatic carbocycles. The van der Waals surface area contributed by atoms with Gasteiger partial charge in [0.05, 0.1) is 28.2 Å². The molecular formula is C28H36N4S. The van der Waals surface area contributed by atoms with Crippen molar-refractivity contribution in [1.29, 1.82) is 5.26 Å². The maximum Gasteiger partial charge on any atom is 0.127 e. The number of nitrogens with zero attached hydrogens (tertiary/aromatic N) is 4. The minimum atomic E-state index is -0.151. The predicted octanol–water partition coefficient (Wildman–Crippen LogP) is 5.95. The van der Waals surface area contributed by atoms with Gasteiger partial charge in [-0.25, -0.2) is 0 Å². The lowest BCUT2D eigenvalue weighted by Gasteiger charge is -2.55. The standard InChI is InChI=1S/C28H36N4S/c1-27(2)24(31-10-4-3-5-11-31)25(32(26(27)33)23-8-6-19(18-29)7-9-23)30-28-15-20-12-21(16-28)14-22(13-20)17-28/h6-9,20-22,24H,3-5,10-17H2,1-2H3. The van der Waals surface area contributed by atoms with Gasteiger partial charge in [0.2, 0.25) is 0 Å². The molecule has 33 heavy (non-hydrogen) atoms. The summed E-state index contributed by atoms with van der Waals surface area (Å²) in [6, 6.07) is 10.5. The zero-order valence-electron chi connectivity index (χ0n) is 20.1. The molecular weight excluding hydrogens is 424 g/mol. The molecule has 2 saturated heterocycles.